The van der Waals surface area contributed by atoms with Gasteiger partial charge in [0.15, 0.2) is 5.28 Å². The minimum absolute atomic E-state index is 0.0384. The van der Waals surface area contributed by atoms with Crippen molar-refractivity contribution in [3.63, 3.8) is 0 Å². The van der Waals surface area contributed by atoms with Crippen molar-refractivity contribution >= 4 is 46.6 Å². The highest BCUT2D eigenvalue weighted by Crippen LogP contribution is 2.66. The maximum absolute atomic E-state index is 14.1. The molecule has 11 heteroatoms. The van der Waals surface area contributed by atoms with Crippen molar-refractivity contribution in [2.45, 2.75) is 24.0 Å². The second-order valence-electron chi connectivity index (χ2n) is 6.53. The van der Waals surface area contributed by atoms with E-state index in [1.54, 1.807) is 26.0 Å². The van der Waals surface area contributed by atoms with E-state index in [-0.39, 0.29) is 34.3 Å². The SMILES string of the molecule is CCOP(=O)(OCC)C1(NS(=O)(=O)c2ccc(Cl)cc2)C=C(Cl)C(=O)c2ccccc21. The molecular weight excluding hydrogens is 484 g/mol. The predicted octanol–water partition coefficient (Wildman–Crippen LogP) is 5.06. The molecule has 0 aromatic heterocycles. The largest absolute Gasteiger partial charge is 0.360 e. The molecule has 1 unspecified atom stereocenters. The first kappa shape index (κ1) is 24.1. The van der Waals surface area contributed by atoms with Gasteiger partial charge in [-0.3, -0.25) is 9.36 Å². The summed E-state index contributed by atoms with van der Waals surface area (Å²) < 4.78 is 54.2. The maximum atomic E-state index is 14.1. The fourth-order valence-electron chi connectivity index (χ4n) is 3.29. The number of sulfonamides is 1. The molecule has 1 N–H and O–H groups in total. The zero-order valence-electron chi connectivity index (χ0n) is 16.7. The molecule has 2 aromatic rings. The molecule has 1 aliphatic carbocycles. The van der Waals surface area contributed by atoms with Crippen molar-refractivity contribution in [1.82, 2.24) is 4.72 Å². The van der Waals surface area contributed by atoms with E-state index in [1.165, 1.54) is 36.4 Å². The van der Waals surface area contributed by atoms with E-state index in [0.29, 0.717) is 5.02 Å². The van der Waals surface area contributed by atoms with Crippen LogP contribution in [0.25, 0.3) is 0 Å². The Balaban J connectivity index is 2.32. The number of rotatable bonds is 8. The lowest BCUT2D eigenvalue weighted by Crippen LogP contribution is -2.47. The summed E-state index contributed by atoms with van der Waals surface area (Å²) in [5.74, 6) is -0.530. The number of halogens is 2. The second kappa shape index (κ2) is 9.16. The highest BCUT2D eigenvalue weighted by molar-refractivity contribution is 7.90. The highest BCUT2D eigenvalue weighted by Gasteiger charge is 2.57. The Morgan fingerprint density at radius 1 is 1.00 bits per heavy atom. The van der Waals surface area contributed by atoms with Crippen molar-refractivity contribution in [3.8, 4) is 0 Å². The molecule has 7 nitrogen and oxygen atoms in total. The Morgan fingerprint density at radius 2 is 1.58 bits per heavy atom. The van der Waals surface area contributed by atoms with Crippen molar-refractivity contribution < 1.29 is 26.8 Å². The minimum atomic E-state index is -4.29. The summed E-state index contributed by atoms with van der Waals surface area (Å²) in [5.41, 5.74) is 0.209. The van der Waals surface area contributed by atoms with Gasteiger partial charge in [0.2, 0.25) is 15.8 Å². The molecule has 166 valence electrons. The Bertz CT molecular complexity index is 1170. The molecule has 0 fully saturated rings. The van der Waals surface area contributed by atoms with Crippen LogP contribution in [0.3, 0.4) is 0 Å². The lowest BCUT2D eigenvalue weighted by atomic mass is 9.92. The topological polar surface area (TPSA) is 98.8 Å². The summed E-state index contributed by atoms with van der Waals surface area (Å²) in [4.78, 5) is 12.5. The summed E-state index contributed by atoms with van der Waals surface area (Å²) in [7, 11) is -8.57. The van der Waals surface area contributed by atoms with Gasteiger partial charge in [0.25, 0.3) is 0 Å². The predicted molar refractivity (Wildman–Crippen MR) is 119 cm³/mol. The van der Waals surface area contributed by atoms with E-state index >= 15 is 0 Å². The van der Waals surface area contributed by atoms with Crippen LogP contribution in [0.2, 0.25) is 5.02 Å². The van der Waals surface area contributed by atoms with Crippen molar-refractivity contribution in [3.05, 3.63) is 75.8 Å². The number of fused-ring (bicyclic) bond motifs is 1. The van der Waals surface area contributed by atoms with Gasteiger partial charge in [-0.05, 0) is 44.2 Å². The van der Waals surface area contributed by atoms with Gasteiger partial charge >= 0.3 is 7.60 Å². The number of carbonyl (C=O) groups is 1. The van der Waals surface area contributed by atoms with Crippen LogP contribution in [0.15, 0.2) is 64.5 Å². The number of hydrogen-bond donors (Lipinski definition) is 1. The summed E-state index contributed by atoms with van der Waals surface area (Å²) in [5, 5.41) is -2.03. The molecule has 1 atom stereocenters. The molecule has 0 aliphatic heterocycles. The number of nitrogens with one attached hydrogen (secondary N) is 1. The van der Waals surface area contributed by atoms with Gasteiger partial charge in [-0.1, -0.05) is 47.5 Å². The smallest absolute Gasteiger partial charge is 0.307 e. The van der Waals surface area contributed by atoms with Crippen molar-refractivity contribution in [2.75, 3.05) is 13.2 Å². The molecule has 0 spiro atoms. The first-order valence-corrected chi connectivity index (χ1v) is 13.1. The zero-order chi connectivity index (χ0) is 22.9. The summed E-state index contributed by atoms with van der Waals surface area (Å²) in [6.45, 7) is 3.11. The number of ketones is 1. The first-order valence-electron chi connectivity index (χ1n) is 9.31. The Labute approximate surface area is 190 Å². The van der Waals surface area contributed by atoms with Gasteiger partial charge in [0, 0.05) is 16.1 Å². The third-order valence-electron chi connectivity index (χ3n) is 4.58. The third-order valence-corrected chi connectivity index (χ3v) is 9.29. The van der Waals surface area contributed by atoms with Crippen LogP contribution in [0.5, 0.6) is 0 Å². The van der Waals surface area contributed by atoms with E-state index in [4.69, 9.17) is 32.2 Å². The third kappa shape index (κ3) is 4.39. The number of hydrogen-bond acceptors (Lipinski definition) is 6. The molecular formula is C20H20Cl2NO6PS. The van der Waals surface area contributed by atoms with Gasteiger partial charge in [-0.15, -0.1) is 0 Å². The quantitative estimate of drug-likeness (QED) is 0.505. The summed E-state index contributed by atoms with van der Waals surface area (Å²) in [6.07, 6.45) is 1.10. The standard InChI is InChI=1S/C20H20Cl2NO6PS/c1-3-28-30(25,29-4-2)20(23-31(26,27)15-11-9-14(21)10-12-15)13-18(22)19(24)16-7-5-6-8-17(16)20/h5-13,23H,3-4H2,1-2H3. The normalized spacial score (nSPS) is 19.1. The van der Waals surface area contributed by atoms with Crippen LogP contribution in [-0.2, 0) is 28.9 Å². The molecule has 0 bridgehead atoms. The number of benzene rings is 2. The first-order chi connectivity index (χ1) is 14.6. The minimum Gasteiger partial charge on any atom is -0.307 e. The van der Waals surface area contributed by atoms with Gasteiger partial charge < -0.3 is 9.05 Å². The monoisotopic (exact) mass is 503 g/mol. The summed E-state index contributed by atoms with van der Waals surface area (Å²) in [6, 6.07) is 11.6. The molecule has 1 aliphatic rings. The molecule has 2 aromatic carbocycles. The van der Waals surface area contributed by atoms with E-state index in [1.807, 2.05) is 0 Å². The Morgan fingerprint density at radius 3 is 2.16 bits per heavy atom. The van der Waals surface area contributed by atoms with Crippen LogP contribution >= 0.6 is 30.8 Å². The van der Waals surface area contributed by atoms with Crippen molar-refractivity contribution in [1.29, 1.82) is 0 Å². The van der Waals surface area contributed by atoms with Gasteiger partial charge in [0.05, 0.1) is 23.1 Å². The molecule has 0 saturated heterocycles. The molecule has 31 heavy (non-hydrogen) atoms. The van der Waals surface area contributed by atoms with Gasteiger partial charge in [-0.25, -0.2) is 8.42 Å². The van der Waals surface area contributed by atoms with E-state index < -0.39 is 28.7 Å². The van der Waals surface area contributed by atoms with Crippen LogP contribution in [0.4, 0.5) is 0 Å². The Kier molecular flexibility index (Phi) is 7.13. The van der Waals surface area contributed by atoms with E-state index in [2.05, 4.69) is 4.72 Å². The molecule has 0 heterocycles. The average molecular weight is 504 g/mol. The van der Waals surface area contributed by atoms with Crippen molar-refractivity contribution in [2.24, 2.45) is 0 Å². The number of allylic oxidation sites excluding steroid dienone is 1. The van der Waals surface area contributed by atoms with Gasteiger partial charge in [0.1, 0.15) is 0 Å². The molecule has 0 amide bonds. The number of carbonyl (C=O) groups excluding carboxylic acids is 1. The fraction of sp³-hybridized carbons (Fsp3) is 0.250. The lowest BCUT2D eigenvalue weighted by Gasteiger charge is -2.40. The molecule has 0 radical (unpaired) electrons. The Hall–Kier alpha value is -1.51. The van der Waals surface area contributed by atoms with Crippen LogP contribution < -0.4 is 4.72 Å². The van der Waals surface area contributed by atoms with E-state index in [9.17, 15) is 17.8 Å². The highest BCUT2D eigenvalue weighted by atomic mass is 35.5. The molecule has 3 rings (SSSR count). The second-order valence-corrected chi connectivity index (χ2v) is 11.3. The lowest BCUT2D eigenvalue weighted by molar-refractivity contribution is 0.103. The molecule has 0 saturated carbocycles. The number of Topliss-reactive ketones (excluding diaryl/α,β-unsaturated/α-hetero) is 1. The van der Waals surface area contributed by atoms with E-state index in [0.717, 1.165) is 6.08 Å². The average Bonchev–Trinajstić information content (AvgIpc) is 2.72. The van der Waals surface area contributed by atoms with Crippen LogP contribution in [-0.4, -0.2) is 27.4 Å². The maximum Gasteiger partial charge on any atom is 0.360 e. The summed E-state index contributed by atoms with van der Waals surface area (Å²) >= 11 is 12.1. The van der Waals surface area contributed by atoms with Crippen LogP contribution in [0.1, 0.15) is 29.8 Å². The van der Waals surface area contributed by atoms with Gasteiger partial charge in [-0.2, -0.15) is 4.72 Å². The van der Waals surface area contributed by atoms with Crippen LogP contribution in [0, 0.1) is 0 Å². The zero-order valence-corrected chi connectivity index (χ0v) is 19.9. The fourth-order valence-corrected chi connectivity index (χ4v) is 7.70.